The van der Waals surface area contributed by atoms with Crippen molar-refractivity contribution in [2.24, 2.45) is 5.92 Å². The lowest BCUT2D eigenvalue weighted by atomic mass is 9.97. The normalized spacial score (nSPS) is 16.8. The summed E-state index contributed by atoms with van der Waals surface area (Å²) in [4.78, 5) is 26.6. The number of likely N-dealkylation sites (tertiary alicyclic amines) is 1. The molecule has 3 amide bonds. The van der Waals surface area contributed by atoms with Crippen LogP contribution in [0.1, 0.15) is 18.4 Å². The highest BCUT2D eigenvalue weighted by Crippen LogP contribution is 2.26. The summed E-state index contributed by atoms with van der Waals surface area (Å²) in [5.74, 6) is -0.430. The van der Waals surface area contributed by atoms with E-state index in [1.807, 2.05) is 43.3 Å². The molecule has 0 unspecified atom stereocenters. The number of rotatable bonds is 3. The number of benzene rings is 2. The van der Waals surface area contributed by atoms with E-state index in [0.29, 0.717) is 25.2 Å². The van der Waals surface area contributed by atoms with Crippen LogP contribution in [0.3, 0.4) is 0 Å². The fourth-order valence-electron chi connectivity index (χ4n) is 3.08. The van der Waals surface area contributed by atoms with Crippen molar-refractivity contribution in [2.75, 3.05) is 23.7 Å². The summed E-state index contributed by atoms with van der Waals surface area (Å²) in [5, 5.41) is 15.6. The van der Waals surface area contributed by atoms with E-state index in [9.17, 15) is 14.7 Å². The number of phenolic OH excluding ortho intramolecular Hbond substituents is 1. The minimum Gasteiger partial charge on any atom is -0.506 e. The first kappa shape index (κ1) is 17.8. The van der Waals surface area contributed by atoms with Crippen LogP contribution in [0.5, 0.6) is 5.75 Å². The number of carbonyl (C=O) groups excluding carboxylic acids is 2. The Morgan fingerprint density at radius 3 is 2.62 bits per heavy atom. The van der Waals surface area contributed by atoms with Crippen molar-refractivity contribution in [2.45, 2.75) is 19.8 Å². The minimum atomic E-state index is -0.300. The average Bonchev–Trinajstić information content (AvgIpc) is 2.65. The first-order valence-corrected chi connectivity index (χ1v) is 8.74. The van der Waals surface area contributed by atoms with Gasteiger partial charge in [-0.1, -0.05) is 24.3 Å². The fourth-order valence-corrected chi connectivity index (χ4v) is 3.08. The van der Waals surface area contributed by atoms with Crippen molar-refractivity contribution in [3.05, 3.63) is 54.1 Å². The number of hydrogen-bond donors (Lipinski definition) is 3. The molecule has 1 heterocycles. The molecular weight excluding hydrogens is 330 g/mol. The summed E-state index contributed by atoms with van der Waals surface area (Å²) in [6, 6.07) is 14.2. The monoisotopic (exact) mass is 353 g/mol. The van der Waals surface area contributed by atoms with Gasteiger partial charge in [-0.3, -0.25) is 4.79 Å². The molecule has 0 radical (unpaired) electrons. The molecule has 1 atom stereocenters. The van der Waals surface area contributed by atoms with Gasteiger partial charge in [0, 0.05) is 18.8 Å². The Balaban J connectivity index is 1.60. The zero-order chi connectivity index (χ0) is 18.5. The molecule has 26 heavy (non-hydrogen) atoms. The van der Waals surface area contributed by atoms with Crippen molar-refractivity contribution in [1.82, 2.24) is 4.90 Å². The van der Waals surface area contributed by atoms with E-state index in [0.717, 1.165) is 17.7 Å². The highest BCUT2D eigenvalue weighted by atomic mass is 16.3. The van der Waals surface area contributed by atoms with E-state index in [4.69, 9.17) is 0 Å². The lowest BCUT2D eigenvalue weighted by Gasteiger charge is -2.32. The molecule has 0 aromatic heterocycles. The van der Waals surface area contributed by atoms with Gasteiger partial charge in [0.05, 0.1) is 11.6 Å². The first-order chi connectivity index (χ1) is 12.5. The van der Waals surface area contributed by atoms with Gasteiger partial charge in [-0.15, -0.1) is 0 Å². The number of urea groups is 1. The molecule has 1 aliphatic heterocycles. The maximum absolute atomic E-state index is 12.6. The number of anilines is 2. The third kappa shape index (κ3) is 4.33. The molecule has 0 aliphatic carbocycles. The number of aromatic hydroxyl groups is 1. The lowest BCUT2D eigenvalue weighted by molar-refractivity contribution is -0.121. The van der Waals surface area contributed by atoms with Crippen LogP contribution in [0.15, 0.2) is 48.5 Å². The Kier molecular flexibility index (Phi) is 5.41. The highest BCUT2D eigenvalue weighted by molar-refractivity contribution is 5.95. The first-order valence-electron chi connectivity index (χ1n) is 8.74. The molecule has 0 spiro atoms. The van der Waals surface area contributed by atoms with Crippen LogP contribution in [-0.4, -0.2) is 35.0 Å². The third-order valence-electron chi connectivity index (χ3n) is 4.52. The maximum atomic E-state index is 12.6. The van der Waals surface area contributed by atoms with Gasteiger partial charge in [0.15, 0.2) is 0 Å². The lowest BCUT2D eigenvalue weighted by Crippen LogP contribution is -2.45. The smallest absolute Gasteiger partial charge is 0.321 e. The predicted octanol–water partition coefficient (Wildman–Crippen LogP) is 3.58. The fraction of sp³-hybridized carbons (Fsp3) is 0.300. The van der Waals surface area contributed by atoms with Gasteiger partial charge in [-0.2, -0.15) is 0 Å². The van der Waals surface area contributed by atoms with E-state index in [2.05, 4.69) is 10.6 Å². The van der Waals surface area contributed by atoms with Gasteiger partial charge in [-0.25, -0.2) is 4.79 Å². The SMILES string of the molecule is Cc1ccc(NC(=O)[C@H]2CCCN(C(=O)Nc3ccccc3)C2)c(O)c1. The second-order valence-corrected chi connectivity index (χ2v) is 6.59. The largest absolute Gasteiger partial charge is 0.506 e. The van der Waals surface area contributed by atoms with Gasteiger partial charge < -0.3 is 20.6 Å². The molecule has 3 rings (SSSR count). The molecule has 0 saturated carbocycles. The van der Waals surface area contributed by atoms with Crippen molar-refractivity contribution in [1.29, 1.82) is 0 Å². The van der Waals surface area contributed by atoms with Gasteiger partial charge in [0.1, 0.15) is 5.75 Å². The topological polar surface area (TPSA) is 81.7 Å². The van der Waals surface area contributed by atoms with Crippen LogP contribution in [0.2, 0.25) is 0 Å². The van der Waals surface area contributed by atoms with Crippen LogP contribution in [0, 0.1) is 12.8 Å². The Labute approximate surface area is 152 Å². The summed E-state index contributed by atoms with van der Waals surface area (Å²) in [5.41, 5.74) is 2.04. The van der Waals surface area contributed by atoms with E-state index in [1.165, 1.54) is 0 Å². The Morgan fingerprint density at radius 2 is 1.88 bits per heavy atom. The van der Waals surface area contributed by atoms with Gasteiger partial charge >= 0.3 is 6.03 Å². The van der Waals surface area contributed by atoms with Gasteiger partial charge in [-0.05, 0) is 49.6 Å². The predicted molar refractivity (Wildman–Crippen MR) is 101 cm³/mol. The molecule has 6 heteroatoms. The summed E-state index contributed by atoms with van der Waals surface area (Å²) < 4.78 is 0. The van der Waals surface area contributed by atoms with Crippen LogP contribution in [-0.2, 0) is 4.79 Å². The molecule has 3 N–H and O–H groups in total. The molecule has 136 valence electrons. The van der Waals surface area contributed by atoms with Crippen LogP contribution < -0.4 is 10.6 Å². The number of para-hydroxylation sites is 1. The zero-order valence-corrected chi connectivity index (χ0v) is 14.7. The third-order valence-corrected chi connectivity index (χ3v) is 4.52. The van der Waals surface area contributed by atoms with Crippen LogP contribution >= 0.6 is 0 Å². The van der Waals surface area contributed by atoms with Crippen molar-refractivity contribution >= 4 is 23.3 Å². The zero-order valence-electron chi connectivity index (χ0n) is 14.7. The van der Waals surface area contributed by atoms with E-state index >= 15 is 0 Å². The Morgan fingerprint density at radius 1 is 1.12 bits per heavy atom. The second-order valence-electron chi connectivity index (χ2n) is 6.59. The van der Waals surface area contributed by atoms with E-state index < -0.39 is 0 Å². The van der Waals surface area contributed by atoms with Crippen LogP contribution in [0.4, 0.5) is 16.2 Å². The summed E-state index contributed by atoms with van der Waals surface area (Å²) in [6.45, 7) is 2.85. The number of hydrogen-bond acceptors (Lipinski definition) is 3. The number of amides is 3. The van der Waals surface area contributed by atoms with E-state index in [-0.39, 0.29) is 23.6 Å². The van der Waals surface area contributed by atoms with Gasteiger partial charge in [0.25, 0.3) is 0 Å². The number of aryl methyl sites for hydroxylation is 1. The average molecular weight is 353 g/mol. The Bertz CT molecular complexity index is 792. The number of phenols is 1. The number of nitrogens with one attached hydrogen (secondary N) is 2. The number of piperidine rings is 1. The summed E-state index contributed by atoms with van der Waals surface area (Å²) in [6.07, 6.45) is 1.48. The molecule has 2 aromatic rings. The Hall–Kier alpha value is -3.02. The molecule has 6 nitrogen and oxygen atoms in total. The molecule has 0 bridgehead atoms. The van der Waals surface area contributed by atoms with Crippen molar-refractivity contribution in [3.8, 4) is 5.75 Å². The number of nitrogens with zero attached hydrogens (tertiary/aromatic N) is 1. The molecule has 2 aromatic carbocycles. The summed E-state index contributed by atoms with van der Waals surface area (Å²) >= 11 is 0. The van der Waals surface area contributed by atoms with E-state index in [1.54, 1.807) is 17.0 Å². The molecular formula is C20H23N3O3. The maximum Gasteiger partial charge on any atom is 0.321 e. The van der Waals surface area contributed by atoms with Crippen molar-refractivity contribution < 1.29 is 14.7 Å². The number of carbonyl (C=O) groups is 2. The highest BCUT2D eigenvalue weighted by Gasteiger charge is 2.28. The van der Waals surface area contributed by atoms with Crippen LogP contribution in [0.25, 0.3) is 0 Å². The molecule has 1 fully saturated rings. The van der Waals surface area contributed by atoms with Crippen molar-refractivity contribution in [3.63, 3.8) is 0 Å². The second kappa shape index (κ2) is 7.91. The minimum absolute atomic E-state index is 0.0489. The standard InChI is InChI=1S/C20H23N3O3/c1-14-9-10-17(18(24)12-14)22-19(25)15-6-5-11-23(13-15)20(26)21-16-7-3-2-4-8-16/h2-4,7-10,12,15,24H,5-6,11,13H2,1H3,(H,21,26)(H,22,25)/t15-/m0/s1. The molecule has 1 aliphatic rings. The quantitative estimate of drug-likeness (QED) is 0.738. The molecule has 1 saturated heterocycles. The summed E-state index contributed by atoms with van der Waals surface area (Å²) in [7, 11) is 0. The van der Waals surface area contributed by atoms with Gasteiger partial charge in [0.2, 0.25) is 5.91 Å².